The number of aliphatic hydroxyl groups excluding tert-OH is 1. The van der Waals surface area contributed by atoms with Gasteiger partial charge >= 0.3 is 0 Å². The number of rotatable bonds is 20. The maximum Gasteiger partial charge on any atom is 0.0701 e. The van der Waals surface area contributed by atoms with Gasteiger partial charge in [0.15, 0.2) is 0 Å². The average molecular weight is 353 g/mol. The third-order valence-electron chi connectivity index (χ3n) is 3.13. The van der Waals surface area contributed by atoms with E-state index in [1.807, 2.05) is 0 Å². The van der Waals surface area contributed by atoms with Crippen LogP contribution in [0.4, 0.5) is 0 Å². The molecule has 0 unspecified atom stereocenters. The van der Waals surface area contributed by atoms with Crippen LogP contribution in [0.5, 0.6) is 0 Å². The van der Waals surface area contributed by atoms with Gasteiger partial charge in [-0.05, 0) is 0 Å². The summed E-state index contributed by atoms with van der Waals surface area (Å²) in [6.45, 7) is 8.08. The fourth-order valence-corrected chi connectivity index (χ4v) is 1.79. The highest BCUT2D eigenvalue weighted by molar-refractivity contribution is 4.56. The third-order valence-corrected chi connectivity index (χ3v) is 3.13. The molecule has 0 heterocycles. The van der Waals surface area contributed by atoms with Crippen molar-refractivity contribution < 1.29 is 33.5 Å². The van der Waals surface area contributed by atoms with Gasteiger partial charge in [-0.3, -0.25) is 4.90 Å². The maximum absolute atomic E-state index is 9.10. The summed E-state index contributed by atoms with van der Waals surface area (Å²) in [7, 11) is 3.29. The van der Waals surface area contributed by atoms with Crippen molar-refractivity contribution in [2.24, 2.45) is 0 Å². The molecule has 0 fully saturated rings. The molecule has 8 nitrogen and oxygen atoms in total. The van der Waals surface area contributed by atoms with Gasteiger partial charge in [0, 0.05) is 33.9 Å². The molecule has 146 valence electrons. The molecule has 0 rings (SSSR count). The Labute approximate surface area is 145 Å². The lowest BCUT2D eigenvalue weighted by atomic mass is 10.4. The van der Waals surface area contributed by atoms with Gasteiger partial charge in [-0.1, -0.05) is 0 Å². The summed E-state index contributed by atoms with van der Waals surface area (Å²) in [5.74, 6) is 0. The zero-order valence-corrected chi connectivity index (χ0v) is 15.2. The van der Waals surface area contributed by atoms with Crippen LogP contribution in [0.2, 0.25) is 0 Å². The van der Waals surface area contributed by atoms with E-state index in [4.69, 9.17) is 33.5 Å². The SMILES string of the molecule is COCCOCCOCCN(CCO)CCOCCOCCOC. The molecule has 0 spiro atoms. The summed E-state index contributed by atoms with van der Waals surface area (Å²) in [5, 5.41) is 9.10. The van der Waals surface area contributed by atoms with E-state index >= 15 is 0 Å². The zero-order chi connectivity index (χ0) is 17.7. The minimum atomic E-state index is 0.125. The summed E-state index contributed by atoms with van der Waals surface area (Å²) in [4.78, 5) is 2.11. The van der Waals surface area contributed by atoms with Crippen LogP contribution in [0.3, 0.4) is 0 Å². The van der Waals surface area contributed by atoms with Crippen molar-refractivity contribution in [3.8, 4) is 0 Å². The first kappa shape index (κ1) is 23.7. The Hall–Kier alpha value is -0.320. The summed E-state index contributed by atoms with van der Waals surface area (Å²) >= 11 is 0. The lowest BCUT2D eigenvalue weighted by Gasteiger charge is -2.21. The Morgan fingerprint density at radius 1 is 0.542 bits per heavy atom. The molecule has 0 atom stereocenters. The molecular weight excluding hydrogens is 318 g/mol. The number of aliphatic hydroxyl groups is 1. The van der Waals surface area contributed by atoms with Crippen molar-refractivity contribution in [2.75, 3.05) is 107 Å². The molecule has 8 heteroatoms. The second-order valence-corrected chi connectivity index (χ2v) is 5.00. The average Bonchev–Trinajstić information content (AvgIpc) is 2.59. The number of hydrogen-bond acceptors (Lipinski definition) is 8. The van der Waals surface area contributed by atoms with Crippen LogP contribution in [0.15, 0.2) is 0 Å². The molecule has 0 aromatic carbocycles. The second-order valence-electron chi connectivity index (χ2n) is 5.00. The molecular formula is C16H35NO7. The zero-order valence-electron chi connectivity index (χ0n) is 15.2. The van der Waals surface area contributed by atoms with E-state index in [0.717, 1.165) is 13.1 Å². The highest BCUT2D eigenvalue weighted by atomic mass is 16.5. The van der Waals surface area contributed by atoms with Crippen LogP contribution in [0, 0.1) is 0 Å². The maximum atomic E-state index is 9.10. The first-order chi connectivity index (χ1) is 11.8. The van der Waals surface area contributed by atoms with Crippen LogP contribution in [-0.2, 0) is 28.4 Å². The molecule has 0 bridgehead atoms. The van der Waals surface area contributed by atoms with Gasteiger partial charge in [0.05, 0.1) is 72.7 Å². The highest BCUT2D eigenvalue weighted by Gasteiger charge is 2.04. The van der Waals surface area contributed by atoms with Crippen LogP contribution >= 0.6 is 0 Å². The van der Waals surface area contributed by atoms with E-state index in [2.05, 4.69) is 4.90 Å². The van der Waals surface area contributed by atoms with Crippen molar-refractivity contribution >= 4 is 0 Å². The number of ether oxygens (including phenoxy) is 6. The number of nitrogens with zero attached hydrogens (tertiary/aromatic N) is 1. The molecule has 0 aliphatic heterocycles. The summed E-state index contributed by atoms with van der Waals surface area (Å²) in [6, 6.07) is 0. The summed E-state index contributed by atoms with van der Waals surface area (Å²) < 4.78 is 31.4. The van der Waals surface area contributed by atoms with Crippen molar-refractivity contribution in [1.29, 1.82) is 0 Å². The van der Waals surface area contributed by atoms with Gasteiger partial charge in [0.1, 0.15) is 0 Å². The molecule has 24 heavy (non-hydrogen) atoms. The van der Waals surface area contributed by atoms with Gasteiger partial charge in [-0.2, -0.15) is 0 Å². The first-order valence-electron chi connectivity index (χ1n) is 8.47. The molecule has 1 N–H and O–H groups in total. The standard InChI is InChI=1S/C16H35NO7/c1-19-9-11-23-15-13-21-7-4-17(3-6-18)5-8-22-14-16-24-12-10-20-2/h18H,3-16H2,1-2H3. The molecule has 0 aliphatic rings. The summed E-state index contributed by atoms with van der Waals surface area (Å²) in [6.07, 6.45) is 0. The lowest BCUT2D eigenvalue weighted by molar-refractivity contribution is 0.00780. The smallest absolute Gasteiger partial charge is 0.0701 e. The van der Waals surface area contributed by atoms with Gasteiger partial charge < -0.3 is 33.5 Å². The van der Waals surface area contributed by atoms with Gasteiger partial charge in [0.2, 0.25) is 0 Å². The Morgan fingerprint density at radius 2 is 0.917 bits per heavy atom. The quantitative estimate of drug-likeness (QED) is 0.297. The Balaban J connectivity index is 3.43. The minimum Gasteiger partial charge on any atom is -0.395 e. The second kappa shape index (κ2) is 20.7. The predicted octanol–water partition coefficient (Wildman–Crippen LogP) is -0.360. The van der Waals surface area contributed by atoms with Crippen LogP contribution < -0.4 is 0 Å². The van der Waals surface area contributed by atoms with E-state index in [1.165, 1.54) is 0 Å². The molecule has 0 aromatic rings. The van der Waals surface area contributed by atoms with E-state index in [1.54, 1.807) is 14.2 Å². The van der Waals surface area contributed by atoms with Crippen molar-refractivity contribution in [1.82, 2.24) is 4.90 Å². The van der Waals surface area contributed by atoms with Gasteiger partial charge in [-0.15, -0.1) is 0 Å². The fourth-order valence-electron chi connectivity index (χ4n) is 1.79. The number of hydrogen-bond donors (Lipinski definition) is 1. The van der Waals surface area contributed by atoms with Crippen LogP contribution in [0.25, 0.3) is 0 Å². The molecule has 0 saturated carbocycles. The largest absolute Gasteiger partial charge is 0.395 e. The predicted molar refractivity (Wildman–Crippen MR) is 90.6 cm³/mol. The van der Waals surface area contributed by atoms with Crippen molar-refractivity contribution in [3.63, 3.8) is 0 Å². The topological polar surface area (TPSA) is 78.9 Å². The van der Waals surface area contributed by atoms with E-state index in [-0.39, 0.29) is 6.61 Å². The summed E-state index contributed by atoms with van der Waals surface area (Å²) in [5.41, 5.74) is 0. The Kier molecular flexibility index (Phi) is 20.4. The molecule has 0 aliphatic carbocycles. The van der Waals surface area contributed by atoms with Gasteiger partial charge in [0.25, 0.3) is 0 Å². The molecule has 0 radical (unpaired) electrons. The van der Waals surface area contributed by atoms with E-state index < -0.39 is 0 Å². The minimum absolute atomic E-state index is 0.125. The van der Waals surface area contributed by atoms with E-state index in [0.29, 0.717) is 72.6 Å². The van der Waals surface area contributed by atoms with Crippen molar-refractivity contribution in [2.45, 2.75) is 0 Å². The molecule has 0 saturated heterocycles. The molecule has 0 amide bonds. The van der Waals surface area contributed by atoms with Crippen LogP contribution in [0.1, 0.15) is 0 Å². The Bertz CT molecular complexity index is 214. The molecule has 0 aromatic heterocycles. The van der Waals surface area contributed by atoms with Crippen LogP contribution in [-0.4, -0.2) is 117 Å². The lowest BCUT2D eigenvalue weighted by Crippen LogP contribution is -2.34. The Morgan fingerprint density at radius 3 is 1.29 bits per heavy atom. The highest BCUT2D eigenvalue weighted by Crippen LogP contribution is 1.90. The number of methoxy groups -OCH3 is 2. The monoisotopic (exact) mass is 353 g/mol. The normalized spacial score (nSPS) is 11.5. The first-order valence-corrected chi connectivity index (χ1v) is 8.47. The third kappa shape index (κ3) is 18.0. The van der Waals surface area contributed by atoms with Gasteiger partial charge in [-0.25, -0.2) is 0 Å². The fraction of sp³-hybridized carbons (Fsp3) is 1.00. The van der Waals surface area contributed by atoms with Crippen molar-refractivity contribution in [3.05, 3.63) is 0 Å². The van der Waals surface area contributed by atoms with E-state index in [9.17, 15) is 0 Å².